The monoisotopic (exact) mass is 251 g/mol. The van der Waals surface area contributed by atoms with Crippen LogP contribution in [0.1, 0.15) is 12.8 Å². The van der Waals surface area contributed by atoms with Crippen LogP contribution < -0.4 is 10.6 Å². The van der Waals surface area contributed by atoms with E-state index in [-0.39, 0.29) is 17.9 Å². The Kier molecular flexibility index (Phi) is 4.15. The number of nitrogens with zero attached hydrogens (tertiary/aromatic N) is 1. The minimum atomic E-state index is -0.303. The number of carbonyl (C=O) groups excluding carboxylic acids is 1. The summed E-state index contributed by atoms with van der Waals surface area (Å²) in [6.07, 6.45) is 2.06. The number of urea groups is 1. The average molecular weight is 251 g/mol. The standard InChI is InChI=1S/C13H18FN3O/c1-15-9-12-3-2-8-17(12)13(18)16-11-6-4-10(14)5-7-11/h4-7,12,15H,2-3,8-9H2,1H3,(H,16,18). The molecule has 0 saturated carbocycles. The molecule has 2 N–H and O–H groups in total. The van der Waals surface area contributed by atoms with Crippen LogP contribution in [0.15, 0.2) is 24.3 Å². The van der Waals surface area contributed by atoms with Crippen LogP contribution in [0, 0.1) is 5.82 Å². The molecule has 98 valence electrons. The molecule has 1 aromatic rings. The maximum atomic E-state index is 12.8. The number of hydrogen-bond donors (Lipinski definition) is 2. The first-order valence-electron chi connectivity index (χ1n) is 6.18. The van der Waals surface area contributed by atoms with Gasteiger partial charge in [-0.25, -0.2) is 9.18 Å². The van der Waals surface area contributed by atoms with E-state index in [0.29, 0.717) is 5.69 Å². The zero-order valence-electron chi connectivity index (χ0n) is 10.4. The van der Waals surface area contributed by atoms with E-state index < -0.39 is 0 Å². The van der Waals surface area contributed by atoms with Crippen LogP contribution in [0.2, 0.25) is 0 Å². The van der Waals surface area contributed by atoms with Crippen LogP contribution in [0.5, 0.6) is 0 Å². The summed E-state index contributed by atoms with van der Waals surface area (Å²) < 4.78 is 12.8. The quantitative estimate of drug-likeness (QED) is 0.863. The first kappa shape index (κ1) is 12.8. The van der Waals surface area contributed by atoms with Crippen LogP contribution in [0.4, 0.5) is 14.9 Å². The molecule has 2 rings (SSSR count). The molecule has 1 aliphatic heterocycles. The lowest BCUT2D eigenvalue weighted by atomic mass is 10.2. The van der Waals surface area contributed by atoms with Crippen molar-refractivity contribution in [1.82, 2.24) is 10.2 Å². The van der Waals surface area contributed by atoms with Gasteiger partial charge in [-0.3, -0.25) is 0 Å². The second-order valence-corrected chi connectivity index (χ2v) is 4.48. The third kappa shape index (κ3) is 2.98. The molecule has 0 aromatic heterocycles. The summed E-state index contributed by atoms with van der Waals surface area (Å²) in [5, 5.41) is 5.89. The van der Waals surface area contributed by atoms with Crippen LogP contribution in [0.3, 0.4) is 0 Å². The summed E-state index contributed by atoms with van der Waals surface area (Å²) in [6, 6.07) is 5.94. The Labute approximate surface area is 106 Å². The van der Waals surface area contributed by atoms with Crippen LogP contribution in [0.25, 0.3) is 0 Å². The Morgan fingerprint density at radius 3 is 2.83 bits per heavy atom. The Hall–Kier alpha value is -1.62. The van der Waals surface area contributed by atoms with Gasteiger partial charge in [-0.15, -0.1) is 0 Å². The molecule has 0 bridgehead atoms. The van der Waals surface area contributed by atoms with Gasteiger partial charge in [-0.1, -0.05) is 0 Å². The number of hydrogen-bond acceptors (Lipinski definition) is 2. The number of likely N-dealkylation sites (N-methyl/N-ethyl adjacent to an activating group) is 1. The van der Waals surface area contributed by atoms with Gasteiger partial charge < -0.3 is 15.5 Å². The fourth-order valence-electron chi connectivity index (χ4n) is 2.28. The van der Waals surface area contributed by atoms with Crippen LogP contribution in [-0.4, -0.2) is 37.1 Å². The largest absolute Gasteiger partial charge is 0.322 e. The Balaban J connectivity index is 1.96. The van der Waals surface area contributed by atoms with Gasteiger partial charge in [0.15, 0.2) is 0 Å². The minimum Gasteiger partial charge on any atom is -0.320 e. The van der Waals surface area contributed by atoms with Crippen molar-refractivity contribution < 1.29 is 9.18 Å². The van der Waals surface area contributed by atoms with E-state index >= 15 is 0 Å². The highest BCUT2D eigenvalue weighted by Crippen LogP contribution is 2.18. The first-order valence-corrected chi connectivity index (χ1v) is 6.18. The minimum absolute atomic E-state index is 0.112. The van der Waals surface area contributed by atoms with Crippen LogP contribution >= 0.6 is 0 Å². The lowest BCUT2D eigenvalue weighted by Gasteiger charge is -2.24. The Bertz CT molecular complexity index is 407. The number of halogens is 1. The van der Waals surface area contributed by atoms with E-state index in [1.807, 2.05) is 11.9 Å². The fraction of sp³-hybridized carbons (Fsp3) is 0.462. The van der Waals surface area contributed by atoms with Crippen molar-refractivity contribution in [3.63, 3.8) is 0 Å². The number of anilines is 1. The van der Waals surface area contributed by atoms with Gasteiger partial charge >= 0.3 is 6.03 Å². The van der Waals surface area contributed by atoms with Crippen molar-refractivity contribution in [1.29, 1.82) is 0 Å². The van der Waals surface area contributed by atoms with Gasteiger partial charge in [0.25, 0.3) is 0 Å². The topological polar surface area (TPSA) is 44.4 Å². The summed E-state index contributed by atoms with van der Waals surface area (Å²) >= 11 is 0. The van der Waals surface area contributed by atoms with E-state index in [4.69, 9.17) is 0 Å². The van der Waals surface area contributed by atoms with Gasteiger partial charge in [0.2, 0.25) is 0 Å². The summed E-state index contributed by atoms with van der Waals surface area (Å²) in [6.45, 7) is 1.58. The van der Waals surface area contributed by atoms with Gasteiger partial charge in [0.05, 0.1) is 0 Å². The SMILES string of the molecule is CNCC1CCCN1C(=O)Nc1ccc(F)cc1. The average Bonchev–Trinajstić information content (AvgIpc) is 2.81. The molecule has 1 atom stereocenters. The third-order valence-corrected chi connectivity index (χ3v) is 3.17. The van der Waals surface area contributed by atoms with Crippen molar-refractivity contribution in [2.24, 2.45) is 0 Å². The maximum absolute atomic E-state index is 12.8. The molecule has 1 aliphatic rings. The third-order valence-electron chi connectivity index (χ3n) is 3.17. The van der Waals surface area contributed by atoms with E-state index in [1.54, 1.807) is 12.1 Å². The van der Waals surface area contributed by atoms with Crippen molar-refractivity contribution in [2.45, 2.75) is 18.9 Å². The molecule has 0 spiro atoms. The molecule has 0 aliphatic carbocycles. The van der Waals surface area contributed by atoms with Crippen molar-refractivity contribution in [2.75, 3.05) is 25.5 Å². The number of rotatable bonds is 3. The fourth-order valence-corrected chi connectivity index (χ4v) is 2.28. The zero-order chi connectivity index (χ0) is 13.0. The molecule has 4 nitrogen and oxygen atoms in total. The molecule has 2 amide bonds. The first-order chi connectivity index (χ1) is 8.70. The second kappa shape index (κ2) is 5.82. The highest BCUT2D eigenvalue weighted by atomic mass is 19.1. The smallest absolute Gasteiger partial charge is 0.320 e. The molecule has 1 unspecified atom stereocenters. The maximum Gasteiger partial charge on any atom is 0.322 e. The molecular formula is C13H18FN3O. The number of nitrogens with one attached hydrogen (secondary N) is 2. The van der Waals surface area contributed by atoms with E-state index in [2.05, 4.69) is 10.6 Å². The molecule has 1 saturated heterocycles. The van der Waals surface area contributed by atoms with Gasteiger partial charge in [0.1, 0.15) is 5.82 Å². The molecular weight excluding hydrogens is 233 g/mol. The molecule has 1 aromatic carbocycles. The molecule has 1 fully saturated rings. The highest BCUT2D eigenvalue weighted by molar-refractivity contribution is 5.89. The second-order valence-electron chi connectivity index (χ2n) is 4.48. The van der Waals surface area contributed by atoms with Crippen molar-refractivity contribution in [3.05, 3.63) is 30.1 Å². The van der Waals surface area contributed by atoms with E-state index in [0.717, 1.165) is 25.9 Å². The Morgan fingerprint density at radius 1 is 1.44 bits per heavy atom. The summed E-state index contributed by atoms with van der Waals surface area (Å²) in [5.74, 6) is -0.303. The van der Waals surface area contributed by atoms with E-state index in [9.17, 15) is 9.18 Å². The molecule has 1 heterocycles. The van der Waals surface area contributed by atoms with Crippen LogP contribution in [-0.2, 0) is 0 Å². The summed E-state index contributed by atoms with van der Waals surface area (Å²) in [5.41, 5.74) is 0.622. The number of benzene rings is 1. The predicted octanol–water partition coefficient (Wildman–Crippen LogP) is 2.04. The predicted molar refractivity (Wildman–Crippen MR) is 69.1 cm³/mol. The highest BCUT2D eigenvalue weighted by Gasteiger charge is 2.27. The summed E-state index contributed by atoms with van der Waals surface area (Å²) in [4.78, 5) is 13.9. The molecule has 0 radical (unpaired) electrons. The van der Waals surface area contributed by atoms with Gasteiger partial charge in [-0.05, 0) is 44.2 Å². The Morgan fingerprint density at radius 2 is 2.17 bits per heavy atom. The number of amides is 2. The lowest BCUT2D eigenvalue weighted by Crippen LogP contribution is -2.43. The van der Waals surface area contributed by atoms with Crippen molar-refractivity contribution in [3.8, 4) is 0 Å². The van der Waals surface area contributed by atoms with E-state index in [1.165, 1.54) is 12.1 Å². The van der Waals surface area contributed by atoms with Gasteiger partial charge in [-0.2, -0.15) is 0 Å². The molecule has 18 heavy (non-hydrogen) atoms. The lowest BCUT2D eigenvalue weighted by molar-refractivity contribution is 0.206. The number of likely N-dealkylation sites (tertiary alicyclic amines) is 1. The van der Waals surface area contributed by atoms with Gasteiger partial charge in [0, 0.05) is 24.8 Å². The summed E-state index contributed by atoms with van der Waals surface area (Å²) in [7, 11) is 1.88. The number of carbonyl (C=O) groups is 1. The molecule has 5 heteroatoms. The normalized spacial score (nSPS) is 19.0. The zero-order valence-corrected chi connectivity index (χ0v) is 10.4. The van der Waals surface area contributed by atoms with Crippen molar-refractivity contribution >= 4 is 11.7 Å².